The summed E-state index contributed by atoms with van der Waals surface area (Å²) in [5, 5.41) is 3.42. The van der Waals surface area contributed by atoms with E-state index >= 15 is 0 Å². The average Bonchev–Trinajstić information content (AvgIpc) is 2.30. The van der Waals surface area contributed by atoms with Crippen LogP contribution in [-0.4, -0.2) is 21.8 Å². The van der Waals surface area contributed by atoms with Crippen molar-refractivity contribution in [3.8, 4) is 0 Å². The summed E-state index contributed by atoms with van der Waals surface area (Å²) in [4.78, 5) is 0. The van der Waals surface area contributed by atoms with Crippen molar-refractivity contribution in [3.05, 3.63) is 35.6 Å². The van der Waals surface area contributed by atoms with Gasteiger partial charge in [0.2, 0.25) is 0 Å². The van der Waals surface area contributed by atoms with E-state index in [1.165, 1.54) is 12.1 Å². The minimum Gasteiger partial charge on any atom is -0.310 e. The fourth-order valence-corrected chi connectivity index (χ4v) is 3.16. The summed E-state index contributed by atoms with van der Waals surface area (Å²) in [6.45, 7) is 0.761. The molecule has 0 atom stereocenters. The van der Waals surface area contributed by atoms with Gasteiger partial charge in [0.1, 0.15) is 5.82 Å². The third kappa shape index (κ3) is 3.39. The molecule has 2 nitrogen and oxygen atoms in total. The summed E-state index contributed by atoms with van der Waals surface area (Å²) in [6, 6.07) is 7.01. The molecule has 0 spiro atoms. The molecular weight excluding hydrogens is 225 g/mol. The van der Waals surface area contributed by atoms with Crippen LogP contribution in [0.2, 0.25) is 0 Å². The number of rotatable bonds is 3. The summed E-state index contributed by atoms with van der Waals surface area (Å²) in [7, 11) is -0.602. The third-order valence-electron chi connectivity index (χ3n) is 2.90. The maximum atomic E-state index is 12.7. The first-order valence-corrected chi connectivity index (χ1v) is 7.05. The van der Waals surface area contributed by atoms with Crippen molar-refractivity contribution in [2.75, 3.05) is 11.5 Å². The highest BCUT2D eigenvalue weighted by Gasteiger charge is 2.16. The third-order valence-corrected chi connectivity index (χ3v) is 4.28. The molecule has 4 heteroatoms. The van der Waals surface area contributed by atoms with Crippen LogP contribution in [0.15, 0.2) is 24.3 Å². The van der Waals surface area contributed by atoms with Gasteiger partial charge >= 0.3 is 0 Å². The van der Waals surface area contributed by atoms with Crippen LogP contribution >= 0.6 is 0 Å². The topological polar surface area (TPSA) is 29.1 Å². The molecule has 0 unspecified atom stereocenters. The molecule has 0 bridgehead atoms. The van der Waals surface area contributed by atoms with Gasteiger partial charge in [-0.3, -0.25) is 4.21 Å². The Morgan fingerprint density at radius 2 is 1.88 bits per heavy atom. The van der Waals surface area contributed by atoms with E-state index in [0.717, 1.165) is 36.5 Å². The molecule has 88 valence electrons. The first-order valence-electron chi connectivity index (χ1n) is 5.57. The lowest BCUT2D eigenvalue weighted by Gasteiger charge is -2.22. The van der Waals surface area contributed by atoms with Crippen molar-refractivity contribution in [3.63, 3.8) is 0 Å². The molecule has 1 aromatic rings. The first kappa shape index (κ1) is 11.7. The molecule has 1 heterocycles. The maximum absolute atomic E-state index is 12.7. The van der Waals surface area contributed by atoms with E-state index in [9.17, 15) is 8.60 Å². The van der Waals surface area contributed by atoms with Gasteiger partial charge in [-0.25, -0.2) is 4.39 Å². The molecule has 16 heavy (non-hydrogen) atoms. The lowest BCUT2D eigenvalue weighted by atomic mass is 10.1. The van der Waals surface area contributed by atoms with E-state index in [0.29, 0.717) is 6.04 Å². The summed E-state index contributed by atoms with van der Waals surface area (Å²) < 4.78 is 23.8. The Morgan fingerprint density at radius 3 is 2.50 bits per heavy atom. The van der Waals surface area contributed by atoms with Crippen LogP contribution in [0.25, 0.3) is 0 Å². The predicted molar refractivity (Wildman–Crippen MR) is 64.1 cm³/mol. The molecule has 0 aromatic heterocycles. The summed E-state index contributed by atoms with van der Waals surface area (Å²) in [5.41, 5.74) is 1.09. The van der Waals surface area contributed by atoms with Gasteiger partial charge in [-0.15, -0.1) is 0 Å². The van der Waals surface area contributed by atoms with Crippen molar-refractivity contribution in [1.29, 1.82) is 0 Å². The van der Waals surface area contributed by atoms with E-state index in [2.05, 4.69) is 5.32 Å². The molecule has 2 rings (SSSR count). The second-order valence-electron chi connectivity index (χ2n) is 4.13. The zero-order chi connectivity index (χ0) is 11.4. The molecule has 0 aliphatic carbocycles. The predicted octanol–water partition coefficient (Wildman–Crippen LogP) is 1.83. The molecule has 1 aromatic carbocycles. The Labute approximate surface area is 97.7 Å². The zero-order valence-corrected chi connectivity index (χ0v) is 9.93. The van der Waals surface area contributed by atoms with Crippen LogP contribution in [-0.2, 0) is 17.3 Å². The van der Waals surface area contributed by atoms with E-state index in [1.807, 2.05) is 0 Å². The van der Waals surface area contributed by atoms with Gasteiger partial charge in [-0.1, -0.05) is 12.1 Å². The van der Waals surface area contributed by atoms with Crippen LogP contribution in [0.4, 0.5) is 4.39 Å². The lowest BCUT2D eigenvalue weighted by molar-refractivity contribution is 0.475. The van der Waals surface area contributed by atoms with Gasteiger partial charge in [0.05, 0.1) is 0 Å². The van der Waals surface area contributed by atoms with E-state index < -0.39 is 10.8 Å². The summed E-state index contributed by atoms with van der Waals surface area (Å²) in [5.74, 6) is 1.42. The van der Waals surface area contributed by atoms with Crippen molar-refractivity contribution < 1.29 is 8.60 Å². The highest BCUT2D eigenvalue weighted by Crippen LogP contribution is 2.10. The molecular formula is C12H16FNOS. The average molecular weight is 241 g/mol. The zero-order valence-electron chi connectivity index (χ0n) is 9.12. The summed E-state index contributed by atoms with van der Waals surface area (Å²) >= 11 is 0. The molecule has 1 aliphatic rings. The normalized spacial score (nSPS) is 25.6. The minimum atomic E-state index is -0.602. The van der Waals surface area contributed by atoms with Crippen molar-refractivity contribution >= 4 is 10.8 Å². The van der Waals surface area contributed by atoms with Crippen LogP contribution < -0.4 is 5.32 Å². The monoisotopic (exact) mass is 241 g/mol. The largest absolute Gasteiger partial charge is 0.310 e. The van der Waals surface area contributed by atoms with Gasteiger partial charge in [0, 0.05) is 34.9 Å². The SMILES string of the molecule is O=S1CCC(NCc2ccc(F)cc2)CC1. The number of halogens is 1. The Bertz CT molecular complexity index is 356. The van der Waals surface area contributed by atoms with E-state index in [-0.39, 0.29) is 5.82 Å². The molecule has 0 radical (unpaired) electrons. The number of nitrogens with one attached hydrogen (secondary N) is 1. The lowest BCUT2D eigenvalue weighted by Crippen LogP contribution is -2.35. The van der Waals surface area contributed by atoms with Gasteiger partial charge < -0.3 is 5.32 Å². The van der Waals surface area contributed by atoms with Crippen molar-refractivity contribution in [2.24, 2.45) is 0 Å². The Kier molecular flexibility index (Phi) is 4.07. The number of benzene rings is 1. The Balaban J connectivity index is 1.79. The molecule has 1 saturated heterocycles. The quantitative estimate of drug-likeness (QED) is 0.874. The Morgan fingerprint density at radius 1 is 1.25 bits per heavy atom. The smallest absolute Gasteiger partial charge is 0.123 e. The molecule has 0 saturated carbocycles. The minimum absolute atomic E-state index is 0.197. The molecule has 1 fully saturated rings. The van der Waals surface area contributed by atoms with Gasteiger partial charge in [-0.05, 0) is 30.5 Å². The standard InChI is InChI=1S/C12H16FNOS/c13-11-3-1-10(2-4-11)9-14-12-5-7-16(15)8-6-12/h1-4,12,14H,5-9H2. The molecule has 1 N–H and O–H groups in total. The molecule has 1 aliphatic heterocycles. The Hall–Kier alpha value is -0.740. The second-order valence-corrected chi connectivity index (χ2v) is 5.83. The van der Waals surface area contributed by atoms with Crippen molar-refractivity contribution in [1.82, 2.24) is 5.32 Å². The van der Waals surface area contributed by atoms with Gasteiger partial charge in [0.15, 0.2) is 0 Å². The van der Waals surface area contributed by atoms with Crippen LogP contribution in [0.3, 0.4) is 0 Å². The highest BCUT2D eigenvalue weighted by molar-refractivity contribution is 7.85. The van der Waals surface area contributed by atoms with E-state index in [1.54, 1.807) is 12.1 Å². The second kappa shape index (κ2) is 5.55. The van der Waals surface area contributed by atoms with Gasteiger partial charge in [-0.2, -0.15) is 0 Å². The first-order chi connectivity index (χ1) is 7.74. The van der Waals surface area contributed by atoms with Gasteiger partial charge in [0.25, 0.3) is 0 Å². The fourth-order valence-electron chi connectivity index (χ4n) is 1.86. The number of hydrogen-bond donors (Lipinski definition) is 1. The number of hydrogen-bond acceptors (Lipinski definition) is 2. The van der Waals surface area contributed by atoms with Crippen LogP contribution in [0, 0.1) is 5.82 Å². The van der Waals surface area contributed by atoms with Crippen LogP contribution in [0.1, 0.15) is 18.4 Å². The highest BCUT2D eigenvalue weighted by atomic mass is 32.2. The summed E-state index contributed by atoms with van der Waals surface area (Å²) in [6.07, 6.45) is 1.96. The fraction of sp³-hybridized carbons (Fsp3) is 0.500. The van der Waals surface area contributed by atoms with Crippen LogP contribution in [0.5, 0.6) is 0 Å². The maximum Gasteiger partial charge on any atom is 0.123 e. The van der Waals surface area contributed by atoms with Crippen molar-refractivity contribution in [2.45, 2.75) is 25.4 Å². The van der Waals surface area contributed by atoms with E-state index in [4.69, 9.17) is 0 Å². The molecule has 0 amide bonds.